The summed E-state index contributed by atoms with van der Waals surface area (Å²) in [6.07, 6.45) is 8.49. The van der Waals surface area contributed by atoms with Crippen molar-refractivity contribution < 1.29 is 14.3 Å². The number of methoxy groups -OCH3 is 1. The van der Waals surface area contributed by atoms with Crippen LogP contribution < -0.4 is 10.1 Å². The molecule has 1 saturated heterocycles. The first kappa shape index (κ1) is 21.6. The number of hydrogen-bond acceptors (Lipinski definition) is 4. The van der Waals surface area contributed by atoms with Crippen LogP contribution in [0.1, 0.15) is 36.0 Å². The number of rotatable bonds is 7. The van der Waals surface area contributed by atoms with E-state index >= 15 is 0 Å². The molecule has 0 aliphatic carbocycles. The van der Waals surface area contributed by atoms with Gasteiger partial charge in [0.25, 0.3) is 5.91 Å². The molecule has 166 valence electrons. The number of hydrogen-bond donors (Lipinski definition) is 1. The minimum atomic E-state index is 0.00902. The van der Waals surface area contributed by atoms with Crippen LogP contribution in [0.3, 0.4) is 0 Å². The lowest BCUT2D eigenvalue weighted by Gasteiger charge is -2.32. The molecule has 0 radical (unpaired) electrons. The first-order valence-corrected chi connectivity index (χ1v) is 10.9. The average Bonchev–Trinajstić information content (AvgIpc) is 3.38. The molecule has 0 unspecified atom stereocenters. The number of nitrogens with one attached hydrogen (secondary N) is 1. The molecule has 2 amide bonds. The predicted molar refractivity (Wildman–Crippen MR) is 123 cm³/mol. The molecule has 7 heteroatoms. The number of nitrogens with zero attached hydrogens (tertiary/aromatic N) is 3. The Morgan fingerprint density at radius 1 is 1.12 bits per heavy atom. The Morgan fingerprint density at radius 2 is 1.91 bits per heavy atom. The van der Waals surface area contributed by atoms with E-state index in [0.717, 1.165) is 49.5 Å². The molecule has 32 heavy (non-hydrogen) atoms. The van der Waals surface area contributed by atoms with Crippen molar-refractivity contribution in [3.63, 3.8) is 0 Å². The number of amides is 2. The van der Waals surface area contributed by atoms with Crippen molar-refractivity contribution in [2.24, 2.45) is 5.92 Å². The van der Waals surface area contributed by atoms with Gasteiger partial charge in [0.05, 0.1) is 13.4 Å². The third-order valence-corrected chi connectivity index (χ3v) is 5.95. The van der Waals surface area contributed by atoms with E-state index in [1.807, 2.05) is 64.2 Å². The second-order valence-corrected chi connectivity index (χ2v) is 8.07. The standard InChI is InChI=1S/C25H28N4O3/c1-32-23-4-2-3-21(17-23)27-24(30)10-5-19-11-14-28(15-12-19)25(31)20-6-8-22(9-7-20)29-16-13-26-18-29/h2-4,6-9,13,16-19H,5,10-12,14-15H2,1H3,(H,27,30). The molecule has 2 heterocycles. The Hall–Kier alpha value is -3.61. The van der Waals surface area contributed by atoms with Gasteiger partial charge in [-0.1, -0.05) is 6.07 Å². The van der Waals surface area contributed by atoms with Crippen molar-refractivity contribution in [3.05, 3.63) is 72.8 Å². The number of aromatic nitrogens is 2. The molecule has 0 atom stereocenters. The number of carbonyl (C=O) groups is 2. The van der Waals surface area contributed by atoms with E-state index in [4.69, 9.17) is 4.74 Å². The summed E-state index contributed by atoms with van der Waals surface area (Å²) in [6, 6.07) is 15.0. The molecule has 4 rings (SSSR count). The topological polar surface area (TPSA) is 76.5 Å². The van der Waals surface area contributed by atoms with E-state index in [9.17, 15) is 9.59 Å². The minimum Gasteiger partial charge on any atom is -0.497 e. The monoisotopic (exact) mass is 432 g/mol. The third-order valence-electron chi connectivity index (χ3n) is 5.95. The molecule has 2 aromatic carbocycles. The zero-order chi connectivity index (χ0) is 22.3. The van der Waals surface area contributed by atoms with Crippen LogP contribution in [0.5, 0.6) is 5.75 Å². The van der Waals surface area contributed by atoms with Crippen LogP contribution in [0.25, 0.3) is 5.69 Å². The maximum atomic E-state index is 12.9. The van der Waals surface area contributed by atoms with Crippen LogP contribution in [-0.4, -0.2) is 46.5 Å². The van der Waals surface area contributed by atoms with Crippen molar-refractivity contribution in [2.45, 2.75) is 25.7 Å². The zero-order valence-electron chi connectivity index (χ0n) is 18.2. The van der Waals surface area contributed by atoms with Crippen molar-refractivity contribution in [2.75, 3.05) is 25.5 Å². The highest BCUT2D eigenvalue weighted by Crippen LogP contribution is 2.24. The fourth-order valence-electron chi connectivity index (χ4n) is 4.05. The average molecular weight is 433 g/mol. The maximum absolute atomic E-state index is 12.9. The van der Waals surface area contributed by atoms with Crippen LogP contribution in [0, 0.1) is 5.92 Å². The summed E-state index contributed by atoms with van der Waals surface area (Å²) in [5, 5.41) is 2.93. The van der Waals surface area contributed by atoms with E-state index < -0.39 is 0 Å². The summed E-state index contributed by atoms with van der Waals surface area (Å²) >= 11 is 0. The summed E-state index contributed by atoms with van der Waals surface area (Å²) in [5.41, 5.74) is 2.42. The van der Waals surface area contributed by atoms with Crippen molar-refractivity contribution in [3.8, 4) is 11.4 Å². The van der Waals surface area contributed by atoms with E-state index in [2.05, 4.69) is 10.3 Å². The summed E-state index contributed by atoms with van der Waals surface area (Å²) in [4.78, 5) is 31.1. The second kappa shape index (κ2) is 10.1. The van der Waals surface area contributed by atoms with E-state index in [0.29, 0.717) is 17.9 Å². The largest absolute Gasteiger partial charge is 0.497 e. The minimum absolute atomic E-state index is 0.00902. The predicted octanol–water partition coefficient (Wildman–Crippen LogP) is 4.15. The molecular weight excluding hydrogens is 404 g/mol. The Labute approximate surface area is 188 Å². The molecule has 1 aliphatic heterocycles. The van der Waals surface area contributed by atoms with Crippen molar-refractivity contribution >= 4 is 17.5 Å². The van der Waals surface area contributed by atoms with Gasteiger partial charge in [-0.15, -0.1) is 0 Å². The zero-order valence-corrected chi connectivity index (χ0v) is 18.2. The van der Waals surface area contributed by atoms with Crippen LogP contribution in [0.2, 0.25) is 0 Å². The Morgan fingerprint density at radius 3 is 2.59 bits per heavy atom. The molecular formula is C25H28N4O3. The fraction of sp³-hybridized carbons (Fsp3) is 0.320. The Balaban J connectivity index is 1.22. The molecule has 1 fully saturated rings. The van der Waals surface area contributed by atoms with Gasteiger partial charge in [-0.05, 0) is 61.6 Å². The van der Waals surface area contributed by atoms with Gasteiger partial charge in [0.15, 0.2) is 0 Å². The molecule has 0 spiro atoms. The van der Waals surface area contributed by atoms with Gasteiger partial charge in [-0.3, -0.25) is 9.59 Å². The van der Waals surface area contributed by atoms with Gasteiger partial charge >= 0.3 is 0 Å². The molecule has 7 nitrogen and oxygen atoms in total. The third kappa shape index (κ3) is 5.35. The van der Waals surface area contributed by atoms with Crippen molar-refractivity contribution in [1.29, 1.82) is 0 Å². The highest BCUT2D eigenvalue weighted by atomic mass is 16.5. The SMILES string of the molecule is COc1cccc(NC(=O)CCC2CCN(C(=O)c3ccc(-n4ccnc4)cc3)CC2)c1. The first-order chi connectivity index (χ1) is 15.6. The summed E-state index contributed by atoms with van der Waals surface area (Å²) in [6.45, 7) is 1.45. The van der Waals surface area contributed by atoms with E-state index in [-0.39, 0.29) is 11.8 Å². The first-order valence-electron chi connectivity index (χ1n) is 10.9. The normalized spacial score (nSPS) is 14.2. The molecule has 0 saturated carbocycles. The smallest absolute Gasteiger partial charge is 0.253 e. The van der Waals surface area contributed by atoms with Gasteiger partial charge in [-0.25, -0.2) is 4.98 Å². The molecule has 3 aromatic rings. The summed E-state index contributed by atoms with van der Waals surface area (Å²) < 4.78 is 7.10. The van der Waals surface area contributed by atoms with Gasteiger partial charge < -0.3 is 19.5 Å². The van der Waals surface area contributed by atoms with E-state index in [1.165, 1.54) is 0 Å². The Kier molecular flexibility index (Phi) is 6.84. The highest BCUT2D eigenvalue weighted by Gasteiger charge is 2.24. The summed E-state index contributed by atoms with van der Waals surface area (Å²) in [5.74, 6) is 1.25. The van der Waals surface area contributed by atoms with Crippen LogP contribution in [-0.2, 0) is 4.79 Å². The highest BCUT2D eigenvalue weighted by molar-refractivity contribution is 5.94. The number of piperidine rings is 1. The fourth-order valence-corrected chi connectivity index (χ4v) is 4.05. The number of carbonyl (C=O) groups excluding carboxylic acids is 2. The van der Waals surface area contributed by atoms with Crippen LogP contribution in [0.4, 0.5) is 5.69 Å². The van der Waals surface area contributed by atoms with Gasteiger partial charge in [0.1, 0.15) is 5.75 Å². The van der Waals surface area contributed by atoms with E-state index in [1.54, 1.807) is 19.6 Å². The molecule has 0 bridgehead atoms. The molecule has 1 N–H and O–H groups in total. The maximum Gasteiger partial charge on any atom is 0.253 e. The van der Waals surface area contributed by atoms with Crippen LogP contribution >= 0.6 is 0 Å². The quantitative estimate of drug-likeness (QED) is 0.608. The number of ether oxygens (including phenoxy) is 1. The molecule has 1 aliphatic rings. The lowest BCUT2D eigenvalue weighted by Crippen LogP contribution is -2.38. The second-order valence-electron chi connectivity index (χ2n) is 8.07. The van der Waals surface area contributed by atoms with Crippen LogP contribution in [0.15, 0.2) is 67.3 Å². The number of likely N-dealkylation sites (tertiary alicyclic amines) is 1. The van der Waals surface area contributed by atoms with Gasteiger partial charge in [-0.2, -0.15) is 0 Å². The molecule has 1 aromatic heterocycles. The van der Waals surface area contributed by atoms with Gasteiger partial charge in [0.2, 0.25) is 5.91 Å². The summed E-state index contributed by atoms with van der Waals surface area (Å²) in [7, 11) is 1.61. The number of imidazole rings is 1. The van der Waals surface area contributed by atoms with Gasteiger partial charge in [0, 0.05) is 54.9 Å². The number of anilines is 1. The van der Waals surface area contributed by atoms with Crippen molar-refractivity contribution in [1.82, 2.24) is 14.5 Å². The number of benzene rings is 2. The lowest BCUT2D eigenvalue weighted by molar-refractivity contribution is -0.116. The Bertz CT molecular complexity index is 1040. The lowest BCUT2D eigenvalue weighted by atomic mass is 9.91.